The van der Waals surface area contributed by atoms with Gasteiger partial charge in [0.05, 0.1) is 12.3 Å². The maximum Gasteiger partial charge on any atom is 0.245 e. The number of aliphatic hydroxyl groups excluding tert-OH is 1. The Morgan fingerprint density at radius 1 is 1.35 bits per heavy atom. The van der Waals surface area contributed by atoms with E-state index in [0.29, 0.717) is 18.5 Å². The Kier molecular flexibility index (Phi) is 4.67. The summed E-state index contributed by atoms with van der Waals surface area (Å²) in [4.78, 5) is 0.181. The number of nitrogens with zero attached hydrogens (tertiary/aromatic N) is 1. The van der Waals surface area contributed by atoms with E-state index in [0.717, 1.165) is 19.3 Å². The van der Waals surface area contributed by atoms with Gasteiger partial charge in [-0.15, -0.1) is 0 Å². The average molecular weight is 298 g/mol. The summed E-state index contributed by atoms with van der Waals surface area (Å²) in [6.45, 7) is 2.04. The molecule has 1 unspecified atom stereocenters. The summed E-state index contributed by atoms with van der Waals surface area (Å²) in [7, 11) is -3.66. The van der Waals surface area contributed by atoms with Gasteiger partial charge in [0.1, 0.15) is 4.90 Å². The minimum atomic E-state index is -3.66. The molecule has 1 aliphatic rings. The predicted octanol–water partition coefficient (Wildman–Crippen LogP) is 1.50. The normalized spacial score (nSPS) is 21.6. The van der Waals surface area contributed by atoms with Gasteiger partial charge in [-0.1, -0.05) is 25.0 Å². The monoisotopic (exact) mass is 298 g/mol. The summed E-state index contributed by atoms with van der Waals surface area (Å²) in [6, 6.07) is 4.75. The molecule has 0 radical (unpaired) electrons. The lowest BCUT2D eigenvalue weighted by Crippen LogP contribution is -2.42. The lowest BCUT2D eigenvalue weighted by atomic mass is 10.1. The van der Waals surface area contributed by atoms with E-state index in [-0.39, 0.29) is 23.2 Å². The lowest BCUT2D eigenvalue weighted by Gasteiger charge is -2.28. The van der Waals surface area contributed by atoms with Gasteiger partial charge in [0.25, 0.3) is 0 Å². The molecule has 5 nitrogen and oxygen atoms in total. The Balaban J connectivity index is 2.47. The summed E-state index contributed by atoms with van der Waals surface area (Å²) in [5.41, 5.74) is 6.79. The molecule has 0 aliphatic carbocycles. The van der Waals surface area contributed by atoms with Crippen LogP contribution in [0.1, 0.15) is 31.2 Å². The Labute approximate surface area is 120 Å². The maximum atomic E-state index is 12.9. The van der Waals surface area contributed by atoms with Crippen molar-refractivity contribution in [1.82, 2.24) is 4.31 Å². The number of anilines is 1. The number of sulfonamides is 1. The van der Waals surface area contributed by atoms with Crippen LogP contribution < -0.4 is 5.73 Å². The summed E-state index contributed by atoms with van der Waals surface area (Å²) in [5, 5.41) is 9.50. The first kappa shape index (κ1) is 15.3. The highest BCUT2D eigenvalue weighted by Gasteiger charge is 2.34. The van der Waals surface area contributed by atoms with Gasteiger partial charge < -0.3 is 10.8 Å². The molecule has 2 rings (SSSR count). The molecule has 0 bridgehead atoms. The Hall–Kier alpha value is -1.11. The van der Waals surface area contributed by atoms with E-state index in [4.69, 9.17) is 5.73 Å². The third-order valence-corrected chi connectivity index (χ3v) is 6.01. The number of hydrogen-bond acceptors (Lipinski definition) is 4. The van der Waals surface area contributed by atoms with Crippen molar-refractivity contribution in [3.63, 3.8) is 0 Å². The minimum Gasteiger partial charge on any atom is -0.398 e. The molecule has 6 heteroatoms. The predicted molar refractivity (Wildman–Crippen MR) is 78.8 cm³/mol. The summed E-state index contributed by atoms with van der Waals surface area (Å²) in [6.07, 6.45) is 3.45. The summed E-state index contributed by atoms with van der Waals surface area (Å²) in [5.74, 6) is 0. The highest BCUT2D eigenvalue weighted by atomic mass is 32.2. The van der Waals surface area contributed by atoms with E-state index in [1.165, 1.54) is 4.31 Å². The third kappa shape index (κ3) is 2.82. The lowest BCUT2D eigenvalue weighted by molar-refractivity contribution is 0.186. The van der Waals surface area contributed by atoms with Crippen molar-refractivity contribution in [2.75, 3.05) is 18.9 Å². The standard InChI is InChI=1S/C14H22N2O3S/c1-11-6-5-8-13(15)14(11)20(18,19)16-9-4-2-3-7-12(16)10-17/h5-6,8,12,17H,2-4,7,9-10,15H2,1H3. The molecule has 1 atom stereocenters. The fourth-order valence-corrected chi connectivity index (χ4v) is 4.80. The van der Waals surface area contributed by atoms with Gasteiger partial charge in [-0.3, -0.25) is 0 Å². The van der Waals surface area contributed by atoms with Gasteiger partial charge in [0.15, 0.2) is 0 Å². The molecule has 1 aromatic carbocycles. The number of aliphatic hydroxyl groups is 1. The Bertz CT molecular complexity index is 552. The van der Waals surface area contributed by atoms with Gasteiger partial charge in [0.2, 0.25) is 10.0 Å². The second-order valence-corrected chi connectivity index (χ2v) is 7.12. The van der Waals surface area contributed by atoms with Crippen LogP contribution in [0.15, 0.2) is 23.1 Å². The first-order chi connectivity index (χ1) is 9.48. The zero-order chi connectivity index (χ0) is 14.8. The minimum absolute atomic E-state index is 0.148. The maximum absolute atomic E-state index is 12.9. The van der Waals surface area contributed by atoms with Crippen LogP contribution in [0.3, 0.4) is 0 Å². The smallest absolute Gasteiger partial charge is 0.245 e. The van der Waals surface area contributed by atoms with Crippen molar-refractivity contribution in [2.24, 2.45) is 0 Å². The zero-order valence-corrected chi connectivity index (χ0v) is 12.6. The van der Waals surface area contributed by atoms with Gasteiger partial charge in [-0.05, 0) is 31.4 Å². The first-order valence-corrected chi connectivity index (χ1v) is 8.40. The van der Waals surface area contributed by atoms with E-state index in [1.807, 2.05) is 0 Å². The van der Waals surface area contributed by atoms with Crippen molar-refractivity contribution >= 4 is 15.7 Å². The zero-order valence-electron chi connectivity index (χ0n) is 11.7. The molecule has 3 N–H and O–H groups in total. The molecule has 1 fully saturated rings. The summed E-state index contributed by atoms with van der Waals surface area (Å²) >= 11 is 0. The van der Waals surface area contributed by atoms with Crippen molar-refractivity contribution < 1.29 is 13.5 Å². The van der Waals surface area contributed by atoms with Gasteiger partial charge >= 0.3 is 0 Å². The van der Waals surface area contributed by atoms with Crippen molar-refractivity contribution in [3.05, 3.63) is 23.8 Å². The quantitative estimate of drug-likeness (QED) is 0.828. The molecule has 0 aromatic heterocycles. The molecule has 1 heterocycles. The SMILES string of the molecule is Cc1cccc(N)c1S(=O)(=O)N1CCCCCC1CO. The molecule has 1 aliphatic heterocycles. The van der Waals surface area contributed by atoms with Crippen molar-refractivity contribution in [2.45, 2.75) is 43.5 Å². The highest BCUT2D eigenvalue weighted by molar-refractivity contribution is 7.89. The van der Waals surface area contributed by atoms with Crippen LogP contribution >= 0.6 is 0 Å². The van der Waals surface area contributed by atoms with Crippen LogP contribution in [0.2, 0.25) is 0 Å². The van der Waals surface area contributed by atoms with Crippen molar-refractivity contribution in [1.29, 1.82) is 0 Å². The summed E-state index contributed by atoms with van der Waals surface area (Å²) < 4.78 is 27.2. The molecule has 0 spiro atoms. The van der Waals surface area contributed by atoms with Gasteiger partial charge in [-0.25, -0.2) is 8.42 Å². The van der Waals surface area contributed by atoms with Crippen LogP contribution in [0.25, 0.3) is 0 Å². The molecular weight excluding hydrogens is 276 g/mol. The first-order valence-electron chi connectivity index (χ1n) is 6.96. The van der Waals surface area contributed by atoms with Crippen molar-refractivity contribution in [3.8, 4) is 0 Å². The highest BCUT2D eigenvalue weighted by Crippen LogP contribution is 2.30. The second kappa shape index (κ2) is 6.11. The molecule has 1 saturated heterocycles. The Morgan fingerprint density at radius 3 is 2.75 bits per heavy atom. The van der Waals surface area contributed by atoms with Crippen LogP contribution in [0.4, 0.5) is 5.69 Å². The van der Waals surface area contributed by atoms with Crippen LogP contribution in [0, 0.1) is 6.92 Å². The molecular formula is C14H22N2O3S. The number of nitrogens with two attached hydrogens (primary N) is 1. The number of benzene rings is 1. The number of rotatable bonds is 3. The molecule has 0 amide bonds. The van der Waals surface area contributed by atoms with Gasteiger partial charge in [0, 0.05) is 12.6 Å². The average Bonchev–Trinajstić information content (AvgIpc) is 2.63. The molecule has 1 aromatic rings. The van der Waals surface area contributed by atoms with Crippen LogP contribution in [-0.4, -0.2) is 37.0 Å². The largest absolute Gasteiger partial charge is 0.398 e. The Morgan fingerprint density at radius 2 is 2.10 bits per heavy atom. The fraction of sp³-hybridized carbons (Fsp3) is 0.571. The fourth-order valence-electron chi connectivity index (χ4n) is 2.79. The third-order valence-electron chi connectivity index (χ3n) is 3.84. The number of aryl methyl sites for hydroxylation is 1. The topological polar surface area (TPSA) is 83.6 Å². The van der Waals surface area contributed by atoms with E-state index < -0.39 is 10.0 Å². The van der Waals surface area contributed by atoms with Crippen LogP contribution in [-0.2, 0) is 10.0 Å². The second-order valence-electron chi connectivity index (χ2n) is 5.29. The molecule has 20 heavy (non-hydrogen) atoms. The molecule has 112 valence electrons. The van der Waals surface area contributed by atoms with E-state index in [1.54, 1.807) is 25.1 Å². The van der Waals surface area contributed by atoms with E-state index >= 15 is 0 Å². The number of hydrogen-bond donors (Lipinski definition) is 2. The van der Waals surface area contributed by atoms with E-state index in [9.17, 15) is 13.5 Å². The van der Waals surface area contributed by atoms with Crippen LogP contribution in [0.5, 0.6) is 0 Å². The molecule has 0 saturated carbocycles. The van der Waals surface area contributed by atoms with Gasteiger partial charge in [-0.2, -0.15) is 4.31 Å². The number of nitrogen functional groups attached to an aromatic ring is 1. The van der Waals surface area contributed by atoms with E-state index in [2.05, 4.69) is 0 Å².